The molecule has 2 aromatic carbocycles. The summed E-state index contributed by atoms with van der Waals surface area (Å²) in [6.45, 7) is 1.79. The number of piperazine rings is 1. The zero-order chi connectivity index (χ0) is 22.7. The lowest BCUT2D eigenvalue weighted by atomic mass is 10.2. The Morgan fingerprint density at radius 2 is 1.66 bits per heavy atom. The smallest absolute Gasteiger partial charge is 0.267 e. The van der Waals surface area contributed by atoms with Gasteiger partial charge in [-0.05, 0) is 60.0 Å². The Morgan fingerprint density at radius 3 is 2.28 bits per heavy atom. The molecule has 1 saturated heterocycles. The maximum atomic E-state index is 13.3. The van der Waals surface area contributed by atoms with Gasteiger partial charge in [-0.2, -0.15) is 4.31 Å². The largest absolute Gasteiger partial charge is 0.497 e. The SMILES string of the molecule is COc1ccc(N2CCN(S(=O)(=O)c3ccsc3C(=O)Nc3ccc(Cl)cc3)CC2)cc1. The Balaban J connectivity index is 1.46. The molecular weight excluding hydrogens is 470 g/mol. The quantitative estimate of drug-likeness (QED) is 0.559. The number of nitrogens with one attached hydrogen (secondary N) is 1. The van der Waals surface area contributed by atoms with Gasteiger partial charge in [-0.25, -0.2) is 8.42 Å². The van der Waals surface area contributed by atoms with Gasteiger partial charge >= 0.3 is 0 Å². The summed E-state index contributed by atoms with van der Waals surface area (Å²) in [5, 5.41) is 4.91. The normalized spacial score (nSPS) is 14.9. The number of methoxy groups -OCH3 is 1. The van der Waals surface area contributed by atoms with E-state index in [9.17, 15) is 13.2 Å². The molecule has 7 nitrogen and oxygen atoms in total. The number of ether oxygens (including phenoxy) is 1. The standard InChI is InChI=1S/C22H22ClN3O4S2/c1-30-19-8-6-18(7-9-19)25-11-13-26(14-12-25)32(28,29)20-10-15-31-21(20)22(27)24-17-4-2-16(23)3-5-17/h2-10,15H,11-14H2,1H3,(H,24,27). The number of carbonyl (C=O) groups excluding carboxylic acids is 1. The molecule has 3 aromatic rings. The van der Waals surface area contributed by atoms with Gasteiger partial charge in [0.1, 0.15) is 15.5 Å². The molecule has 32 heavy (non-hydrogen) atoms. The number of nitrogens with zero attached hydrogens (tertiary/aromatic N) is 2. The van der Waals surface area contributed by atoms with E-state index in [4.69, 9.17) is 16.3 Å². The van der Waals surface area contributed by atoms with Gasteiger partial charge in [0.25, 0.3) is 5.91 Å². The number of carbonyl (C=O) groups is 1. The van der Waals surface area contributed by atoms with E-state index < -0.39 is 15.9 Å². The second-order valence-corrected chi connectivity index (χ2v) is 10.4. The fraction of sp³-hybridized carbons (Fsp3) is 0.227. The summed E-state index contributed by atoms with van der Waals surface area (Å²) in [6, 6.07) is 15.8. The number of rotatable bonds is 6. The van der Waals surface area contributed by atoms with Gasteiger partial charge in [0, 0.05) is 42.6 Å². The van der Waals surface area contributed by atoms with E-state index >= 15 is 0 Å². The van der Waals surface area contributed by atoms with Crippen LogP contribution in [0.15, 0.2) is 64.9 Å². The summed E-state index contributed by atoms with van der Waals surface area (Å²) >= 11 is 6.98. The van der Waals surface area contributed by atoms with Crippen LogP contribution in [-0.2, 0) is 10.0 Å². The Bertz CT molecular complexity index is 1190. The molecule has 0 aliphatic carbocycles. The number of hydrogen-bond donors (Lipinski definition) is 1. The molecule has 1 fully saturated rings. The molecule has 0 saturated carbocycles. The van der Waals surface area contributed by atoms with Crippen LogP contribution in [-0.4, -0.2) is 51.9 Å². The molecule has 1 amide bonds. The maximum Gasteiger partial charge on any atom is 0.267 e. The van der Waals surface area contributed by atoms with Crippen molar-refractivity contribution in [2.24, 2.45) is 0 Å². The van der Waals surface area contributed by atoms with Gasteiger partial charge in [0.15, 0.2) is 0 Å². The van der Waals surface area contributed by atoms with Crippen molar-refractivity contribution in [3.8, 4) is 5.75 Å². The third-order valence-corrected chi connectivity index (χ3v) is 8.47. The third-order valence-electron chi connectivity index (χ3n) is 5.23. The molecular formula is C22H22ClN3O4S2. The molecule has 1 N–H and O–H groups in total. The van der Waals surface area contributed by atoms with Crippen LogP contribution >= 0.6 is 22.9 Å². The number of sulfonamides is 1. The molecule has 2 heterocycles. The number of halogens is 1. The summed E-state index contributed by atoms with van der Waals surface area (Å²) in [5.74, 6) is 0.314. The number of hydrogen-bond acceptors (Lipinski definition) is 6. The van der Waals surface area contributed by atoms with Crippen LogP contribution in [0, 0.1) is 0 Å². The van der Waals surface area contributed by atoms with Gasteiger partial charge in [-0.3, -0.25) is 4.79 Å². The first-order valence-electron chi connectivity index (χ1n) is 9.92. The molecule has 1 aliphatic heterocycles. The van der Waals surface area contributed by atoms with Crippen molar-refractivity contribution in [1.82, 2.24) is 4.31 Å². The molecule has 0 atom stereocenters. The fourth-order valence-electron chi connectivity index (χ4n) is 3.51. The van der Waals surface area contributed by atoms with Gasteiger partial charge in [0.2, 0.25) is 10.0 Å². The van der Waals surface area contributed by atoms with Gasteiger partial charge in [-0.1, -0.05) is 11.6 Å². The Kier molecular flexibility index (Phi) is 6.71. The molecule has 10 heteroatoms. The van der Waals surface area contributed by atoms with E-state index in [1.54, 1.807) is 36.8 Å². The lowest BCUT2D eigenvalue weighted by molar-refractivity contribution is 0.102. The lowest BCUT2D eigenvalue weighted by Gasteiger charge is -2.35. The van der Waals surface area contributed by atoms with Crippen molar-refractivity contribution in [3.05, 3.63) is 69.9 Å². The molecule has 0 bridgehead atoms. The van der Waals surface area contributed by atoms with E-state index in [0.29, 0.717) is 36.9 Å². The molecule has 0 unspecified atom stereocenters. The summed E-state index contributed by atoms with van der Waals surface area (Å²) in [5.41, 5.74) is 1.56. The third kappa shape index (κ3) is 4.75. The predicted molar refractivity (Wildman–Crippen MR) is 128 cm³/mol. The van der Waals surface area contributed by atoms with Crippen molar-refractivity contribution in [3.63, 3.8) is 0 Å². The Hall–Kier alpha value is -2.59. The van der Waals surface area contributed by atoms with Gasteiger partial charge < -0.3 is 15.0 Å². The summed E-state index contributed by atoms with van der Waals surface area (Å²) in [4.78, 5) is 15.1. The highest BCUT2D eigenvalue weighted by molar-refractivity contribution is 7.89. The first kappa shape index (κ1) is 22.6. The zero-order valence-electron chi connectivity index (χ0n) is 17.3. The van der Waals surface area contributed by atoms with E-state index in [1.165, 1.54) is 10.4 Å². The van der Waals surface area contributed by atoms with E-state index in [1.807, 2.05) is 24.3 Å². The summed E-state index contributed by atoms with van der Waals surface area (Å²) in [7, 11) is -2.18. The van der Waals surface area contributed by atoms with Crippen LogP contribution in [0.25, 0.3) is 0 Å². The zero-order valence-corrected chi connectivity index (χ0v) is 19.7. The first-order valence-corrected chi connectivity index (χ1v) is 12.6. The van der Waals surface area contributed by atoms with E-state index in [2.05, 4.69) is 10.2 Å². The maximum absolute atomic E-state index is 13.3. The highest BCUT2D eigenvalue weighted by Crippen LogP contribution is 2.28. The summed E-state index contributed by atoms with van der Waals surface area (Å²) < 4.78 is 33.2. The number of thiophene rings is 1. The van der Waals surface area contributed by atoms with Crippen molar-refractivity contribution in [1.29, 1.82) is 0 Å². The highest BCUT2D eigenvalue weighted by Gasteiger charge is 2.32. The molecule has 1 aromatic heterocycles. The lowest BCUT2D eigenvalue weighted by Crippen LogP contribution is -2.48. The van der Waals surface area contributed by atoms with Crippen molar-refractivity contribution < 1.29 is 17.9 Å². The minimum Gasteiger partial charge on any atom is -0.497 e. The Labute approximate surface area is 196 Å². The fourth-order valence-corrected chi connectivity index (χ4v) is 6.35. The van der Waals surface area contributed by atoms with Crippen LogP contribution < -0.4 is 15.0 Å². The first-order chi connectivity index (χ1) is 15.4. The van der Waals surface area contributed by atoms with E-state index in [0.717, 1.165) is 22.8 Å². The average molecular weight is 492 g/mol. The average Bonchev–Trinajstić information content (AvgIpc) is 3.32. The van der Waals surface area contributed by atoms with Crippen molar-refractivity contribution >= 4 is 50.2 Å². The minimum atomic E-state index is -3.79. The van der Waals surface area contributed by atoms with Gasteiger partial charge in [0.05, 0.1) is 7.11 Å². The summed E-state index contributed by atoms with van der Waals surface area (Å²) in [6.07, 6.45) is 0. The van der Waals surface area contributed by atoms with E-state index in [-0.39, 0.29) is 9.77 Å². The monoisotopic (exact) mass is 491 g/mol. The molecule has 0 spiro atoms. The van der Waals surface area contributed by atoms with Gasteiger partial charge in [-0.15, -0.1) is 11.3 Å². The molecule has 1 aliphatic rings. The second-order valence-electron chi connectivity index (χ2n) is 7.16. The number of amides is 1. The highest BCUT2D eigenvalue weighted by atomic mass is 35.5. The molecule has 0 radical (unpaired) electrons. The van der Waals surface area contributed by atoms with Crippen LogP contribution in [0.4, 0.5) is 11.4 Å². The van der Waals surface area contributed by atoms with Crippen LogP contribution in [0.1, 0.15) is 9.67 Å². The molecule has 168 valence electrons. The van der Waals surface area contributed by atoms with Crippen LogP contribution in [0.3, 0.4) is 0 Å². The number of anilines is 2. The number of benzene rings is 2. The van der Waals surface area contributed by atoms with Crippen LogP contribution in [0.2, 0.25) is 5.02 Å². The second kappa shape index (κ2) is 9.50. The van der Waals surface area contributed by atoms with Crippen molar-refractivity contribution in [2.45, 2.75) is 4.90 Å². The molecule has 4 rings (SSSR count). The van der Waals surface area contributed by atoms with Crippen molar-refractivity contribution in [2.75, 3.05) is 43.5 Å². The predicted octanol–water partition coefficient (Wildman–Crippen LogP) is 4.17. The minimum absolute atomic E-state index is 0.0341. The topological polar surface area (TPSA) is 79.0 Å². The Morgan fingerprint density at radius 1 is 1.00 bits per heavy atom. The van der Waals surface area contributed by atoms with Crippen LogP contribution in [0.5, 0.6) is 5.75 Å².